The highest BCUT2D eigenvalue weighted by atomic mass is 32.2. The van der Waals surface area contributed by atoms with Crippen molar-refractivity contribution in [3.8, 4) is 0 Å². The predicted molar refractivity (Wildman–Crippen MR) is 75.0 cm³/mol. The van der Waals surface area contributed by atoms with E-state index in [1.165, 1.54) is 13.2 Å². The lowest BCUT2D eigenvalue weighted by Gasteiger charge is -2.11. The molecule has 1 heterocycles. The van der Waals surface area contributed by atoms with Gasteiger partial charge in [-0.25, -0.2) is 8.42 Å². The van der Waals surface area contributed by atoms with E-state index in [2.05, 4.69) is 9.71 Å². The number of nitrogens with one attached hydrogen (secondary N) is 2. The molecule has 6 nitrogen and oxygen atoms in total. The molecule has 0 amide bonds. The third-order valence-corrected chi connectivity index (χ3v) is 3.99. The minimum atomic E-state index is -3.75. The number of rotatable bonds is 5. The van der Waals surface area contributed by atoms with Gasteiger partial charge in [0.2, 0.25) is 5.56 Å². The average molecular weight is 294 g/mol. The molecule has 2 N–H and O–H groups in total. The largest absolute Gasteiger partial charge is 0.380 e. The van der Waals surface area contributed by atoms with Crippen molar-refractivity contribution >= 4 is 15.7 Å². The van der Waals surface area contributed by atoms with Crippen LogP contribution in [0.2, 0.25) is 0 Å². The van der Waals surface area contributed by atoms with Crippen LogP contribution in [0.25, 0.3) is 0 Å². The second-order valence-corrected chi connectivity index (χ2v) is 5.77. The molecule has 0 saturated heterocycles. The van der Waals surface area contributed by atoms with E-state index in [0.717, 1.165) is 17.8 Å². The number of aromatic nitrogens is 1. The molecular weight excluding hydrogens is 280 g/mol. The van der Waals surface area contributed by atoms with E-state index in [1.807, 2.05) is 0 Å². The van der Waals surface area contributed by atoms with Crippen LogP contribution >= 0.6 is 0 Å². The van der Waals surface area contributed by atoms with Crippen molar-refractivity contribution in [1.29, 1.82) is 0 Å². The molecule has 0 aliphatic carbocycles. The summed E-state index contributed by atoms with van der Waals surface area (Å²) < 4.78 is 31.9. The van der Waals surface area contributed by atoms with Crippen molar-refractivity contribution in [2.75, 3.05) is 11.8 Å². The molecule has 7 heteroatoms. The van der Waals surface area contributed by atoms with E-state index in [9.17, 15) is 13.2 Å². The number of pyridine rings is 1. The maximum atomic E-state index is 12.2. The average Bonchev–Trinajstić information content (AvgIpc) is 2.41. The Morgan fingerprint density at radius 3 is 2.60 bits per heavy atom. The molecule has 0 unspecified atom stereocenters. The van der Waals surface area contributed by atoms with Gasteiger partial charge in [0.15, 0.2) is 0 Å². The van der Waals surface area contributed by atoms with E-state index >= 15 is 0 Å². The number of H-pyrrole nitrogens is 1. The lowest BCUT2D eigenvalue weighted by Crippen LogP contribution is -2.16. The number of para-hydroxylation sites is 1. The minimum Gasteiger partial charge on any atom is -0.380 e. The topological polar surface area (TPSA) is 88.3 Å². The van der Waals surface area contributed by atoms with Crippen molar-refractivity contribution < 1.29 is 13.2 Å². The van der Waals surface area contributed by atoms with E-state index in [-0.39, 0.29) is 10.5 Å². The first-order valence-electron chi connectivity index (χ1n) is 5.81. The molecule has 0 atom stereocenters. The smallest absolute Gasteiger partial charge is 0.263 e. The van der Waals surface area contributed by atoms with Crippen molar-refractivity contribution in [2.24, 2.45) is 0 Å². The van der Waals surface area contributed by atoms with Crippen LogP contribution in [-0.4, -0.2) is 20.5 Å². The Balaban J connectivity index is 2.33. The molecule has 20 heavy (non-hydrogen) atoms. The molecule has 1 aromatic carbocycles. The van der Waals surface area contributed by atoms with Gasteiger partial charge in [-0.3, -0.25) is 9.52 Å². The summed E-state index contributed by atoms with van der Waals surface area (Å²) in [4.78, 5) is 13.3. The predicted octanol–water partition coefficient (Wildman–Crippen LogP) is 1.32. The molecular formula is C13H14N2O4S. The molecule has 0 saturated carbocycles. The molecule has 106 valence electrons. The van der Waals surface area contributed by atoms with E-state index in [0.29, 0.717) is 12.3 Å². The lowest BCUT2D eigenvalue weighted by atomic mass is 10.2. The summed E-state index contributed by atoms with van der Waals surface area (Å²) >= 11 is 0. The Labute approximate surface area is 116 Å². The van der Waals surface area contributed by atoms with Gasteiger partial charge in [0, 0.05) is 24.9 Å². The van der Waals surface area contributed by atoms with Crippen LogP contribution in [0, 0.1) is 0 Å². The third kappa shape index (κ3) is 3.25. The van der Waals surface area contributed by atoms with Gasteiger partial charge in [-0.15, -0.1) is 0 Å². The van der Waals surface area contributed by atoms with Crippen LogP contribution in [0.5, 0.6) is 0 Å². The number of hydrogen-bond donors (Lipinski definition) is 2. The number of ether oxygens (including phenoxy) is 1. The molecule has 2 aromatic rings. The fraction of sp³-hybridized carbons (Fsp3) is 0.154. The zero-order valence-corrected chi connectivity index (χ0v) is 11.6. The van der Waals surface area contributed by atoms with E-state index < -0.39 is 10.0 Å². The van der Waals surface area contributed by atoms with Gasteiger partial charge in [0.05, 0.1) is 12.3 Å². The first kappa shape index (κ1) is 14.3. The van der Waals surface area contributed by atoms with Crippen LogP contribution < -0.4 is 10.3 Å². The molecule has 0 aliphatic rings. The summed E-state index contributed by atoms with van der Waals surface area (Å²) in [7, 11) is -2.21. The molecule has 0 bridgehead atoms. The van der Waals surface area contributed by atoms with Gasteiger partial charge in [-0.2, -0.15) is 0 Å². The van der Waals surface area contributed by atoms with Gasteiger partial charge >= 0.3 is 0 Å². The Bertz CT molecular complexity index is 732. The minimum absolute atomic E-state index is 0.00989. The summed E-state index contributed by atoms with van der Waals surface area (Å²) in [6.07, 6.45) is 1.16. The van der Waals surface area contributed by atoms with Crippen molar-refractivity contribution in [2.45, 2.75) is 11.5 Å². The quantitative estimate of drug-likeness (QED) is 0.870. The molecule has 1 aromatic heterocycles. The van der Waals surface area contributed by atoms with Crippen LogP contribution in [0.4, 0.5) is 5.69 Å². The second-order valence-electron chi connectivity index (χ2n) is 4.08. The van der Waals surface area contributed by atoms with Gasteiger partial charge < -0.3 is 9.72 Å². The highest BCUT2D eigenvalue weighted by Gasteiger charge is 2.15. The van der Waals surface area contributed by atoms with Crippen LogP contribution in [0.3, 0.4) is 0 Å². The third-order valence-electron chi connectivity index (χ3n) is 2.63. The number of benzene rings is 1. The Hall–Kier alpha value is -2.12. The number of hydrogen-bond acceptors (Lipinski definition) is 4. The van der Waals surface area contributed by atoms with E-state index in [4.69, 9.17) is 4.74 Å². The van der Waals surface area contributed by atoms with Crippen molar-refractivity contribution in [3.63, 3.8) is 0 Å². The number of anilines is 1. The molecule has 0 spiro atoms. The van der Waals surface area contributed by atoms with Gasteiger partial charge in [-0.05, 0) is 12.1 Å². The van der Waals surface area contributed by atoms with Crippen LogP contribution in [0.15, 0.2) is 52.3 Å². The SMILES string of the molecule is COCc1ccccc1NS(=O)(=O)c1ccc(=O)[nH]c1. The number of sulfonamides is 1. The summed E-state index contributed by atoms with van der Waals surface area (Å²) in [5.74, 6) is 0. The van der Waals surface area contributed by atoms with Crippen molar-refractivity contribution in [3.05, 3.63) is 58.5 Å². The fourth-order valence-corrected chi connectivity index (χ4v) is 2.74. The first-order chi connectivity index (χ1) is 9.53. The maximum absolute atomic E-state index is 12.2. The zero-order valence-electron chi connectivity index (χ0n) is 10.8. The number of aromatic amines is 1. The standard InChI is InChI=1S/C13H14N2O4S/c1-19-9-10-4-2-3-5-12(10)15-20(17,18)11-6-7-13(16)14-8-11/h2-8,15H,9H2,1H3,(H,14,16). The number of methoxy groups -OCH3 is 1. The molecule has 0 fully saturated rings. The Kier molecular flexibility index (Phi) is 4.21. The van der Waals surface area contributed by atoms with Crippen LogP contribution in [-0.2, 0) is 21.4 Å². The van der Waals surface area contributed by atoms with Gasteiger partial charge in [0.1, 0.15) is 4.90 Å². The van der Waals surface area contributed by atoms with Gasteiger partial charge in [0.25, 0.3) is 10.0 Å². The maximum Gasteiger partial charge on any atom is 0.263 e. The van der Waals surface area contributed by atoms with E-state index in [1.54, 1.807) is 24.3 Å². The first-order valence-corrected chi connectivity index (χ1v) is 7.29. The summed E-state index contributed by atoms with van der Waals surface area (Å²) in [5, 5.41) is 0. The van der Waals surface area contributed by atoms with Crippen LogP contribution in [0.1, 0.15) is 5.56 Å². The Morgan fingerprint density at radius 2 is 1.95 bits per heavy atom. The van der Waals surface area contributed by atoms with Gasteiger partial charge in [-0.1, -0.05) is 18.2 Å². The second kappa shape index (κ2) is 5.89. The highest BCUT2D eigenvalue weighted by molar-refractivity contribution is 7.92. The van der Waals surface area contributed by atoms with Crippen molar-refractivity contribution in [1.82, 2.24) is 4.98 Å². The molecule has 0 radical (unpaired) electrons. The normalized spacial score (nSPS) is 11.2. The molecule has 2 rings (SSSR count). The summed E-state index contributed by atoms with van der Waals surface area (Å²) in [6.45, 7) is 0.296. The monoisotopic (exact) mass is 294 g/mol. The summed E-state index contributed by atoms with van der Waals surface area (Å²) in [6, 6.07) is 9.36. The fourth-order valence-electron chi connectivity index (χ4n) is 1.67. The summed E-state index contributed by atoms with van der Waals surface area (Å²) in [5.41, 5.74) is 0.812. The highest BCUT2D eigenvalue weighted by Crippen LogP contribution is 2.19. The zero-order chi connectivity index (χ0) is 14.6. The molecule has 0 aliphatic heterocycles. The lowest BCUT2D eigenvalue weighted by molar-refractivity contribution is 0.185. The Morgan fingerprint density at radius 1 is 1.20 bits per heavy atom.